The molecule has 0 aliphatic carbocycles. The predicted molar refractivity (Wildman–Crippen MR) is 133 cm³/mol. The van der Waals surface area contributed by atoms with E-state index in [0.717, 1.165) is 39.3 Å². The van der Waals surface area contributed by atoms with E-state index in [1.54, 1.807) is 38.4 Å². The van der Waals surface area contributed by atoms with E-state index in [0.29, 0.717) is 32.7 Å². The van der Waals surface area contributed by atoms with Crippen molar-refractivity contribution >= 4 is 29.2 Å². The van der Waals surface area contributed by atoms with Crippen LogP contribution >= 0.6 is 11.8 Å². The molecule has 182 valence electrons. The molecule has 2 aliphatic rings. The highest BCUT2D eigenvalue weighted by molar-refractivity contribution is 7.99. The van der Waals surface area contributed by atoms with Crippen LogP contribution in [0.1, 0.15) is 24.0 Å². The number of nitrogens with zero attached hydrogens (tertiary/aromatic N) is 4. The Balaban J connectivity index is 1.32. The van der Waals surface area contributed by atoms with Crippen LogP contribution < -0.4 is 9.64 Å². The van der Waals surface area contributed by atoms with Crippen molar-refractivity contribution in [3.05, 3.63) is 66.0 Å². The van der Waals surface area contributed by atoms with Crippen molar-refractivity contribution in [1.29, 1.82) is 0 Å². The SMILES string of the molecule is COCN1c2cc(CN3CCC(C(=O)O)(c4ccc(OC)cc4)CC3)ccc2Sc2nccnc21. The first-order valence-corrected chi connectivity index (χ1v) is 12.3. The minimum Gasteiger partial charge on any atom is -0.497 e. The number of fused-ring (bicyclic) bond motifs is 2. The molecule has 5 rings (SSSR count). The van der Waals surface area contributed by atoms with Crippen LogP contribution in [0.2, 0.25) is 0 Å². The Bertz CT molecular complexity index is 1210. The third-order valence-electron chi connectivity index (χ3n) is 6.85. The van der Waals surface area contributed by atoms with Gasteiger partial charge in [0.05, 0.1) is 18.2 Å². The molecule has 1 N–H and O–H groups in total. The molecule has 0 atom stereocenters. The third kappa shape index (κ3) is 4.47. The van der Waals surface area contributed by atoms with Gasteiger partial charge in [0, 0.05) is 30.9 Å². The normalized spacial score (nSPS) is 16.9. The van der Waals surface area contributed by atoms with Crippen LogP contribution in [0.25, 0.3) is 0 Å². The second-order valence-corrected chi connectivity index (χ2v) is 9.86. The molecule has 0 amide bonds. The third-order valence-corrected chi connectivity index (χ3v) is 7.90. The average Bonchev–Trinajstić information content (AvgIpc) is 2.89. The van der Waals surface area contributed by atoms with E-state index in [1.807, 2.05) is 29.2 Å². The number of ether oxygens (including phenoxy) is 2. The lowest BCUT2D eigenvalue weighted by molar-refractivity contribution is -0.146. The molecule has 3 aromatic rings. The van der Waals surface area contributed by atoms with Crippen LogP contribution in [0.5, 0.6) is 5.75 Å². The summed E-state index contributed by atoms with van der Waals surface area (Å²) >= 11 is 1.61. The Labute approximate surface area is 208 Å². The van der Waals surface area contributed by atoms with Crippen LogP contribution in [0.3, 0.4) is 0 Å². The molecule has 0 saturated carbocycles. The Kier molecular flexibility index (Phi) is 6.64. The van der Waals surface area contributed by atoms with Crippen molar-refractivity contribution in [2.24, 2.45) is 0 Å². The molecular weight excluding hydrogens is 464 g/mol. The lowest BCUT2D eigenvalue weighted by atomic mass is 9.72. The zero-order chi connectivity index (χ0) is 24.4. The number of carboxylic acids is 1. The summed E-state index contributed by atoms with van der Waals surface area (Å²) in [4.78, 5) is 26.9. The number of rotatable bonds is 7. The van der Waals surface area contributed by atoms with E-state index in [4.69, 9.17) is 9.47 Å². The highest BCUT2D eigenvalue weighted by atomic mass is 32.2. The second kappa shape index (κ2) is 9.85. The van der Waals surface area contributed by atoms with Crippen LogP contribution in [0, 0.1) is 0 Å². The molecule has 9 heteroatoms. The number of carbonyl (C=O) groups is 1. The molecule has 35 heavy (non-hydrogen) atoms. The van der Waals surface area contributed by atoms with E-state index in [1.165, 1.54) is 5.56 Å². The van der Waals surface area contributed by atoms with Gasteiger partial charge in [0.2, 0.25) is 0 Å². The highest BCUT2D eigenvalue weighted by Crippen LogP contribution is 2.46. The molecule has 0 bridgehead atoms. The lowest BCUT2D eigenvalue weighted by Gasteiger charge is -2.39. The first kappa shape index (κ1) is 23.6. The number of likely N-dealkylation sites (tertiary alicyclic amines) is 1. The molecule has 2 aromatic carbocycles. The van der Waals surface area contributed by atoms with E-state index in [-0.39, 0.29) is 0 Å². The quantitative estimate of drug-likeness (QED) is 0.518. The fourth-order valence-corrected chi connectivity index (χ4v) is 5.88. The highest BCUT2D eigenvalue weighted by Gasteiger charge is 2.43. The monoisotopic (exact) mass is 492 g/mol. The van der Waals surface area contributed by atoms with Gasteiger partial charge >= 0.3 is 5.97 Å². The van der Waals surface area contributed by atoms with Gasteiger partial charge in [-0.05, 0) is 61.3 Å². The summed E-state index contributed by atoms with van der Waals surface area (Å²) in [6.45, 7) is 2.56. The van der Waals surface area contributed by atoms with Crippen molar-refractivity contribution in [3.8, 4) is 5.75 Å². The Morgan fingerprint density at radius 2 is 1.83 bits per heavy atom. The van der Waals surface area contributed by atoms with Gasteiger partial charge in [-0.15, -0.1) is 0 Å². The zero-order valence-electron chi connectivity index (χ0n) is 19.8. The number of methoxy groups -OCH3 is 2. The predicted octanol–water partition coefficient (Wildman–Crippen LogP) is 4.31. The first-order valence-electron chi connectivity index (χ1n) is 11.5. The average molecular weight is 493 g/mol. The Hall–Kier alpha value is -3.14. The minimum absolute atomic E-state index is 0.384. The molecule has 0 spiro atoms. The molecule has 1 fully saturated rings. The van der Waals surface area contributed by atoms with Crippen molar-refractivity contribution in [2.75, 3.05) is 38.9 Å². The van der Waals surface area contributed by atoms with Crippen LogP contribution in [-0.2, 0) is 21.5 Å². The summed E-state index contributed by atoms with van der Waals surface area (Å²) in [6.07, 6.45) is 4.53. The number of anilines is 2. The number of hydrogen-bond donors (Lipinski definition) is 1. The Morgan fingerprint density at radius 1 is 1.09 bits per heavy atom. The summed E-state index contributed by atoms with van der Waals surface area (Å²) in [5.41, 5.74) is 2.20. The summed E-state index contributed by atoms with van der Waals surface area (Å²) in [5.74, 6) is 0.768. The number of piperidine rings is 1. The zero-order valence-corrected chi connectivity index (χ0v) is 20.6. The number of hydrogen-bond acceptors (Lipinski definition) is 8. The van der Waals surface area contributed by atoms with Crippen LogP contribution in [-0.4, -0.2) is 60.0 Å². The fraction of sp³-hybridized carbons (Fsp3) is 0.346. The summed E-state index contributed by atoms with van der Waals surface area (Å²) in [6, 6.07) is 13.9. The maximum Gasteiger partial charge on any atom is 0.314 e. The standard InChI is InChI=1S/C26H28N4O4S/c1-33-17-30-21-15-18(3-8-22(21)35-24-23(30)27-11-12-28-24)16-29-13-9-26(10-14-29,25(31)32)19-4-6-20(34-2)7-5-19/h3-8,11-12,15H,9-10,13-14,16-17H2,1-2H3,(H,31,32). The molecule has 1 saturated heterocycles. The molecular formula is C26H28N4O4S. The van der Waals surface area contributed by atoms with E-state index in [2.05, 4.69) is 33.1 Å². The van der Waals surface area contributed by atoms with Crippen molar-refractivity contribution in [1.82, 2.24) is 14.9 Å². The molecule has 8 nitrogen and oxygen atoms in total. The van der Waals surface area contributed by atoms with Gasteiger partial charge in [0.15, 0.2) is 5.82 Å². The van der Waals surface area contributed by atoms with Gasteiger partial charge in [-0.2, -0.15) is 0 Å². The number of aromatic nitrogens is 2. The summed E-state index contributed by atoms with van der Waals surface area (Å²) < 4.78 is 10.7. The topological polar surface area (TPSA) is 88.0 Å². The smallest absolute Gasteiger partial charge is 0.314 e. The summed E-state index contributed by atoms with van der Waals surface area (Å²) in [5, 5.41) is 11.0. The van der Waals surface area contributed by atoms with Gasteiger partial charge in [-0.1, -0.05) is 30.0 Å². The minimum atomic E-state index is -0.868. The molecule has 0 unspecified atom stereocenters. The van der Waals surface area contributed by atoms with Crippen molar-refractivity contribution < 1.29 is 19.4 Å². The van der Waals surface area contributed by atoms with Gasteiger partial charge in [0.25, 0.3) is 0 Å². The van der Waals surface area contributed by atoms with Crippen molar-refractivity contribution in [3.63, 3.8) is 0 Å². The second-order valence-electron chi connectivity index (χ2n) is 8.83. The van der Waals surface area contributed by atoms with Crippen molar-refractivity contribution in [2.45, 2.75) is 34.7 Å². The molecule has 0 radical (unpaired) electrons. The van der Waals surface area contributed by atoms with E-state index < -0.39 is 11.4 Å². The largest absolute Gasteiger partial charge is 0.497 e. The number of aliphatic carboxylic acids is 1. The summed E-state index contributed by atoms with van der Waals surface area (Å²) in [7, 11) is 3.28. The molecule has 1 aromatic heterocycles. The van der Waals surface area contributed by atoms with Gasteiger partial charge in [-0.25, -0.2) is 9.97 Å². The molecule has 2 aliphatic heterocycles. The van der Waals surface area contributed by atoms with E-state index >= 15 is 0 Å². The molecule has 3 heterocycles. The Morgan fingerprint density at radius 3 is 2.51 bits per heavy atom. The maximum atomic E-state index is 12.4. The van der Waals surface area contributed by atoms with Crippen LogP contribution in [0.4, 0.5) is 11.5 Å². The van der Waals surface area contributed by atoms with Gasteiger partial charge in [0.1, 0.15) is 17.5 Å². The van der Waals surface area contributed by atoms with E-state index in [9.17, 15) is 9.90 Å². The van der Waals surface area contributed by atoms with Gasteiger partial charge in [-0.3, -0.25) is 14.6 Å². The lowest BCUT2D eigenvalue weighted by Crippen LogP contribution is -2.47. The van der Waals surface area contributed by atoms with Crippen LogP contribution in [0.15, 0.2) is 64.8 Å². The van der Waals surface area contributed by atoms with Gasteiger partial charge < -0.3 is 14.6 Å². The first-order chi connectivity index (χ1) is 17.0. The maximum absolute atomic E-state index is 12.4. The number of benzene rings is 2. The fourth-order valence-electron chi connectivity index (χ4n) is 4.90. The number of carboxylic acid groups (broad SMARTS) is 1.